The van der Waals surface area contributed by atoms with Gasteiger partial charge in [0.15, 0.2) is 0 Å². The van der Waals surface area contributed by atoms with Crippen molar-refractivity contribution in [2.24, 2.45) is 0 Å². The fourth-order valence-electron chi connectivity index (χ4n) is 1.84. The maximum Gasteiger partial charge on any atom is 0.0564 e. The highest BCUT2D eigenvalue weighted by atomic mass is 32.2. The average Bonchev–Trinajstić information content (AvgIpc) is 2.24. The Labute approximate surface area is 94.9 Å². The van der Waals surface area contributed by atoms with Crippen LogP contribution < -0.4 is 0 Å². The van der Waals surface area contributed by atoms with Crippen LogP contribution in [0.5, 0.6) is 0 Å². The molecule has 0 nitrogen and oxygen atoms in total. The van der Waals surface area contributed by atoms with Gasteiger partial charge in [0.2, 0.25) is 0 Å². The van der Waals surface area contributed by atoms with Crippen LogP contribution in [0.1, 0.15) is 37.1 Å². The molecule has 1 aliphatic heterocycles. The molecule has 0 saturated carbocycles. The van der Waals surface area contributed by atoms with Crippen LogP contribution in [0.2, 0.25) is 0 Å². The van der Waals surface area contributed by atoms with Crippen LogP contribution in [0.4, 0.5) is 0 Å². The Bertz CT molecular complexity index is 331. The van der Waals surface area contributed by atoms with Crippen molar-refractivity contribution in [3.8, 4) is 0 Å². The molecule has 0 amide bonds. The van der Waals surface area contributed by atoms with Gasteiger partial charge < -0.3 is 0 Å². The van der Waals surface area contributed by atoms with Crippen LogP contribution in [0.15, 0.2) is 24.3 Å². The van der Waals surface area contributed by atoms with E-state index in [1.807, 2.05) is 0 Å². The SMILES string of the molecule is CC1SC(C)(C)SCc2ccccc21. The second kappa shape index (κ2) is 3.82. The second-order valence-electron chi connectivity index (χ2n) is 4.15. The van der Waals surface area contributed by atoms with Crippen LogP contribution in [0.3, 0.4) is 0 Å². The molecule has 1 atom stereocenters. The zero-order valence-corrected chi connectivity index (χ0v) is 10.5. The molecule has 76 valence electrons. The fraction of sp³-hybridized carbons (Fsp3) is 0.500. The van der Waals surface area contributed by atoms with E-state index in [1.165, 1.54) is 11.1 Å². The van der Waals surface area contributed by atoms with Gasteiger partial charge in [0, 0.05) is 11.0 Å². The summed E-state index contributed by atoms with van der Waals surface area (Å²) in [4.78, 5) is 0. The van der Waals surface area contributed by atoms with Gasteiger partial charge in [-0.05, 0) is 31.9 Å². The molecule has 2 rings (SSSR count). The maximum atomic E-state index is 2.32. The van der Waals surface area contributed by atoms with Gasteiger partial charge in [-0.2, -0.15) is 0 Å². The third-order valence-corrected chi connectivity index (χ3v) is 5.50. The van der Waals surface area contributed by atoms with Gasteiger partial charge >= 0.3 is 0 Å². The van der Waals surface area contributed by atoms with Crippen molar-refractivity contribution in [2.45, 2.75) is 35.9 Å². The Morgan fingerprint density at radius 1 is 1.29 bits per heavy atom. The molecule has 0 saturated heterocycles. The Balaban J connectivity index is 2.36. The molecule has 14 heavy (non-hydrogen) atoms. The quantitative estimate of drug-likeness (QED) is 0.638. The predicted octanol–water partition coefficient (Wildman–Crippen LogP) is 4.46. The number of fused-ring (bicyclic) bond motifs is 1. The zero-order valence-electron chi connectivity index (χ0n) is 8.91. The molecule has 0 radical (unpaired) electrons. The Kier molecular flexibility index (Phi) is 2.85. The predicted molar refractivity (Wildman–Crippen MR) is 67.8 cm³/mol. The van der Waals surface area contributed by atoms with Crippen LogP contribution in [0.25, 0.3) is 0 Å². The van der Waals surface area contributed by atoms with E-state index in [4.69, 9.17) is 0 Å². The van der Waals surface area contributed by atoms with E-state index >= 15 is 0 Å². The summed E-state index contributed by atoms with van der Waals surface area (Å²) in [5, 5.41) is 0.621. The van der Waals surface area contributed by atoms with Crippen molar-refractivity contribution < 1.29 is 0 Å². The Hall–Kier alpha value is -0.0800. The molecule has 1 aliphatic rings. The van der Waals surface area contributed by atoms with E-state index in [-0.39, 0.29) is 0 Å². The average molecular weight is 224 g/mol. The van der Waals surface area contributed by atoms with Crippen molar-refractivity contribution in [1.29, 1.82) is 0 Å². The van der Waals surface area contributed by atoms with Gasteiger partial charge in [-0.15, -0.1) is 23.5 Å². The number of benzene rings is 1. The number of thioether (sulfide) groups is 2. The molecular formula is C12H16S2. The van der Waals surface area contributed by atoms with Crippen molar-refractivity contribution in [2.75, 3.05) is 0 Å². The summed E-state index contributed by atoms with van der Waals surface area (Å²) >= 11 is 4.12. The molecule has 1 aromatic rings. The van der Waals surface area contributed by atoms with Crippen LogP contribution in [-0.2, 0) is 5.75 Å². The Morgan fingerprint density at radius 3 is 2.79 bits per heavy atom. The lowest BCUT2D eigenvalue weighted by Gasteiger charge is -2.23. The highest BCUT2D eigenvalue weighted by Crippen LogP contribution is 2.50. The van der Waals surface area contributed by atoms with Gasteiger partial charge in [0.05, 0.1) is 4.08 Å². The van der Waals surface area contributed by atoms with Crippen molar-refractivity contribution in [3.63, 3.8) is 0 Å². The normalized spacial score (nSPS) is 25.2. The van der Waals surface area contributed by atoms with Crippen LogP contribution in [0, 0.1) is 0 Å². The summed E-state index contributed by atoms with van der Waals surface area (Å²) < 4.78 is 0.346. The molecule has 1 unspecified atom stereocenters. The molecule has 1 heterocycles. The smallest absolute Gasteiger partial charge is 0.0564 e. The molecule has 0 fully saturated rings. The highest BCUT2D eigenvalue weighted by molar-refractivity contribution is 8.18. The second-order valence-corrected chi connectivity index (χ2v) is 7.97. The van der Waals surface area contributed by atoms with Crippen molar-refractivity contribution in [1.82, 2.24) is 0 Å². The van der Waals surface area contributed by atoms with Crippen molar-refractivity contribution in [3.05, 3.63) is 35.4 Å². The summed E-state index contributed by atoms with van der Waals surface area (Å²) in [6.07, 6.45) is 0. The summed E-state index contributed by atoms with van der Waals surface area (Å²) in [5.74, 6) is 1.15. The first-order chi connectivity index (χ1) is 6.58. The zero-order chi connectivity index (χ0) is 10.2. The summed E-state index contributed by atoms with van der Waals surface area (Å²) in [7, 11) is 0. The molecular weight excluding hydrogens is 208 g/mol. The van der Waals surface area contributed by atoms with E-state index in [1.54, 1.807) is 0 Å². The molecule has 0 aliphatic carbocycles. The minimum absolute atomic E-state index is 0.346. The third kappa shape index (κ3) is 2.12. The monoisotopic (exact) mass is 224 g/mol. The number of hydrogen-bond acceptors (Lipinski definition) is 2. The molecule has 0 N–H and O–H groups in total. The standard InChI is InChI=1S/C12H16S2/c1-9-11-7-5-4-6-10(11)8-13-12(2,3)14-9/h4-7,9H,8H2,1-3H3. The Morgan fingerprint density at radius 2 is 2.00 bits per heavy atom. The topological polar surface area (TPSA) is 0 Å². The first-order valence-electron chi connectivity index (χ1n) is 4.98. The lowest BCUT2D eigenvalue weighted by Crippen LogP contribution is -2.08. The third-order valence-electron chi connectivity index (χ3n) is 2.53. The highest BCUT2D eigenvalue weighted by Gasteiger charge is 2.27. The van der Waals surface area contributed by atoms with E-state index in [0.717, 1.165) is 5.75 Å². The van der Waals surface area contributed by atoms with E-state index < -0.39 is 0 Å². The molecule has 2 heteroatoms. The maximum absolute atomic E-state index is 2.32. The lowest BCUT2D eigenvalue weighted by atomic mass is 10.1. The largest absolute Gasteiger partial charge is 0.140 e. The van der Waals surface area contributed by atoms with E-state index in [9.17, 15) is 0 Å². The lowest BCUT2D eigenvalue weighted by molar-refractivity contribution is 0.999. The number of hydrogen-bond donors (Lipinski definition) is 0. The molecule has 1 aromatic carbocycles. The van der Waals surface area contributed by atoms with E-state index in [0.29, 0.717) is 9.33 Å². The minimum atomic E-state index is 0.346. The van der Waals surface area contributed by atoms with Crippen LogP contribution in [-0.4, -0.2) is 4.08 Å². The summed E-state index contributed by atoms with van der Waals surface area (Å²) in [6, 6.07) is 8.84. The van der Waals surface area contributed by atoms with E-state index in [2.05, 4.69) is 68.6 Å². The summed E-state index contributed by atoms with van der Waals surface area (Å²) in [6.45, 7) is 6.96. The molecule has 0 spiro atoms. The fourth-order valence-corrected chi connectivity index (χ4v) is 4.69. The van der Waals surface area contributed by atoms with Gasteiger partial charge in [0.1, 0.15) is 0 Å². The summed E-state index contributed by atoms with van der Waals surface area (Å²) in [5.41, 5.74) is 3.04. The minimum Gasteiger partial charge on any atom is -0.140 e. The van der Waals surface area contributed by atoms with Crippen LogP contribution >= 0.6 is 23.5 Å². The number of rotatable bonds is 0. The van der Waals surface area contributed by atoms with Gasteiger partial charge in [-0.25, -0.2) is 0 Å². The first-order valence-corrected chi connectivity index (χ1v) is 6.84. The molecule has 0 bridgehead atoms. The van der Waals surface area contributed by atoms with Gasteiger partial charge in [-0.1, -0.05) is 24.3 Å². The van der Waals surface area contributed by atoms with Gasteiger partial charge in [0.25, 0.3) is 0 Å². The molecule has 0 aromatic heterocycles. The van der Waals surface area contributed by atoms with Gasteiger partial charge in [-0.3, -0.25) is 0 Å². The first kappa shape index (κ1) is 10.4. The van der Waals surface area contributed by atoms with Crippen molar-refractivity contribution >= 4 is 23.5 Å².